The fourth-order valence-electron chi connectivity index (χ4n) is 3.98. The highest BCUT2D eigenvalue weighted by Crippen LogP contribution is 2.32. The Morgan fingerprint density at radius 3 is 2.50 bits per heavy atom. The van der Waals surface area contributed by atoms with E-state index in [-0.39, 0.29) is 36.0 Å². The van der Waals surface area contributed by atoms with Crippen molar-refractivity contribution < 1.29 is 9.18 Å². The van der Waals surface area contributed by atoms with Crippen molar-refractivity contribution in [3.05, 3.63) is 77.6 Å². The molecule has 6 nitrogen and oxygen atoms in total. The Kier molecular flexibility index (Phi) is 6.84. The van der Waals surface area contributed by atoms with E-state index >= 15 is 0 Å². The Morgan fingerprint density at radius 1 is 1.13 bits per heavy atom. The van der Waals surface area contributed by atoms with Crippen LogP contribution in [0.15, 0.2) is 54.6 Å². The lowest BCUT2D eigenvalue weighted by atomic mass is 9.89. The zero-order valence-electron chi connectivity index (χ0n) is 16.7. The lowest BCUT2D eigenvalue weighted by Gasteiger charge is -2.16. The Bertz CT molecular complexity index is 1010. The Morgan fingerprint density at radius 2 is 1.83 bits per heavy atom. The van der Waals surface area contributed by atoms with E-state index < -0.39 is 5.82 Å². The van der Waals surface area contributed by atoms with Gasteiger partial charge in [0.05, 0.1) is 0 Å². The molecule has 2 N–H and O–H groups in total. The van der Waals surface area contributed by atoms with E-state index in [0.29, 0.717) is 37.6 Å². The molecular formula is C22H25ClFN5O. The van der Waals surface area contributed by atoms with Crippen LogP contribution in [-0.2, 0) is 6.42 Å². The molecule has 1 saturated heterocycles. The van der Waals surface area contributed by atoms with Gasteiger partial charge in [0.2, 0.25) is 5.82 Å². The molecule has 158 valence electrons. The first-order valence-corrected chi connectivity index (χ1v) is 9.87. The average molecular weight is 430 g/mol. The largest absolute Gasteiger partial charge is 0.335 e. The van der Waals surface area contributed by atoms with Gasteiger partial charge in [-0.3, -0.25) is 4.79 Å². The first-order valence-electron chi connectivity index (χ1n) is 9.87. The molecule has 2 atom stereocenters. The third-order valence-electron chi connectivity index (χ3n) is 5.52. The Balaban J connectivity index is 0.00000256. The van der Waals surface area contributed by atoms with Gasteiger partial charge in [-0.15, -0.1) is 17.5 Å². The number of carbonyl (C=O) groups is 1. The van der Waals surface area contributed by atoms with Crippen LogP contribution in [0.1, 0.15) is 34.8 Å². The summed E-state index contributed by atoms with van der Waals surface area (Å²) in [7, 11) is 0. The van der Waals surface area contributed by atoms with Crippen molar-refractivity contribution in [3.8, 4) is 5.69 Å². The van der Waals surface area contributed by atoms with Crippen LogP contribution in [0.3, 0.4) is 0 Å². The van der Waals surface area contributed by atoms with Crippen molar-refractivity contribution in [3.63, 3.8) is 0 Å². The molecule has 1 aliphatic heterocycles. The van der Waals surface area contributed by atoms with E-state index in [0.717, 1.165) is 0 Å². The number of nitrogens with zero attached hydrogens (tertiary/aromatic N) is 4. The summed E-state index contributed by atoms with van der Waals surface area (Å²) in [4.78, 5) is 19.3. The topological polar surface area (TPSA) is 77.0 Å². The number of aromatic nitrogens is 3. The highest BCUT2D eigenvalue weighted by atomic mass is 35.5. The number of rotatable bonds is 5. The van der Waals surface area contributed by atoms with Crippen molar-refractivity contribution in [2.45, 2.75) is 19.3 Å². The van der Waals surface area contributed by atoms with Crippen molar-refractivity contribution >= 4 is 18.3 Å². The lowest BCUT2D eigenvalue weighted by Crippen LogP contribution is -2.30. The molecule has 1 fully saturated rings. The molecule has 8 heteroatoms. The van der Waals surface area contributed by atoms with E-state index in [2.05, 4.69) is 22.2 Å². The monoisotopic (exact) mass is 429 g/mol. The molecule has 1 aliphatic rings. The number of amides is 1. The van der Waals surface area contributed by atoms with Crippen molar-refractivity contribution in [1.29, 1.82) is 0 Å². The summed E-state index contributed by atoms with van der Waals surface area (Å²) in [6.07, 6.45) is 0.534. The van der Waals surface area contributed by atoms with Crippen LogP contribution in [-0.4, -0.2) is 45.2 Å². The molecular weight excluding hydrogens is 405 g/mol. The van der Waals surface area contributed by atoms with E-state index in [1.807, 2.05) is 25.1 Å². The maximum absolute atomic E-state index is 14.2. The summed E-state index contributed by atoms with van der Waals surface area (Å²) in [5, 5.41) is 4.35. The molecule has 1 amide bonds. The van der Waals surface area contributed by atoms with Gasteiger partial charge in [-0.25, -0.2) is 14.1 Å². The average Bonchev–Trinajstić information content (AvgIpc) is 3.38. The molecule has 2 aromatic carbocycles. The highest BCUT2D eigenvalue weighted by molar-refractivity contribution is 5.90. The standard InChI is InChI=1S/C22H24FN5O.ClH/c1-2-20-25-21(26-28(20)19-11-7-6-10-18(19)23)22(29)27-13-16(12-24)17(14-27)15-8-4-3-5-9-15;/h3-11,16-17H,2,12-14,24H2,1H3;1H/t16-,17+;/m1./s1. The summed E-state index contributed by atoms with van der Waals surface area (Å²) in [5.41, 5.74) is 7.46. The zero-order valence-corrected chi connectivity index (χ0v) is 17.6. The molecule has 2 heterocycles. The lowest BCUT2D eigenvalue weighted by molar-refractivity contribution is 0.0774. The predicted octanol–water partition coefficient (Wildman–Crippen LogP) is 3.21. The van der Waals surface area contributed by atoms with Crippen molar-refractivity contribution in [1.82, 2.24) is 19.7 Å². The molecule has 0 unspecified atom stereocenters. The van der Waals surface area contributed by atoms with Gasteiger partial charge in [0.25, 0.3) is 5.91 Å². The summed E-state index contributed by atoms with van der Waals surface area (Å²) < 4.78 is 15.7. The maximum Gasteiger partial charge on any atom is 0.293 e. The first kappa shape index (κ1) is 21.9. The molecule has 0 bridgehead atoms. The summed E-state index contributed by atoms with van der Waals surface area (Å²) >= 11 is 0. The van der Waals surface area contributed by atoms with Crippen LogP contribution in [0, 0.1) is 11.7 Å². The second-order valence-electron chi connectivity index (χ2n) is 7.29. The second kappa shape index (κ2) is 9.36. The third-order valence-corrected chi connectivity index (χ3v) is 5.52. The fourth-order valence-corrected chi connectivity index (χ4v) is 3.98. The minimum atomic E-state index is -0.403. The fraction of sp³-hybridized carbons (Fsp3) is 0.318. The second-order valence-corrected chi connectivity index (χ2v) is 7.29. The predicted molar refractivity (Wildman–Crippen MR) is 116 cm³/mol. The van der Waals surface area contributed by atoms with Crippen LogP contribution in [0.2, 0.25) is 0 Å². The molecule has 0 aliphatic carbocycles. The zero-order chi connectivity index (χ0) is 20.4. The van der Waals surface area contributed by atoms with Crippen molar-refractivity contribution in [2.24, 2.45) is 11.7 Å². The van der Waals surface area contributed by atoms with Crippen LogP contribution in [0.5, 0.6) is 0 Å². The Labute approximate surface area is 181 Å². The summed E-state index contributed by atoms with van der Waals surface area (Å²) in [6, 6.07) is 16.5. The molecule has 0 saturated carbocycles. The number of likely N-dealkylation sites (tertiary alicyclic amines) is 1. The van der Waals surface area contributed by atoms with Gasteiger partial charge in [-0.05, 0) is 30.2 Å². The number of carbonyl (C=O) groups excluding carboxylic acids is 1. The van der Waals surface area contributed by atoms with Crippen LogP contribution >= 0.6 is 12.4 Å². The minimum Gasteiger partial charge on any atom is -0.335 e. The Hall–Kier alpha value is -2.77. The third kappa shape index (κ3) is 4.08. The number of nitrogens with two attached hydrogens (primary N) is 1. The van der Waals surface area contributed by atoms with Crippen molar-refractivity contribution in [2.75, 3.05) is 19.6 Å². The SMILES string of the molecule is CCc1nc(C(=O)N2C[C@@H](CN)[C@H](c3ccccc3)C2)nn1-c1ccccc1F.Cl. The van der Waals surface area contributed by atoms with E-state index in [4.69, 9.17) is 5.73 Å². The van der Waals surface area contributed by atoms with Crippen LogP contribution < -0.4 is 5.73 Å². The molecule has 30 heavy (non-hydrogen) atoms. The van der Waals surface area contributed by atoms with Gasteiger partial charge >= 0.3 is 0 Å². The highest BCUT2D eigenvalue weighted by Gasteiger charge is 2.37. The van der Waals surface area contributed by atoms with Crippen LogP contribution in [0.4, 0.5) is 4.39 Å². The van der Waals surface area contributed by atoms with Gasteiger partial charge in [-0.2, -0.15) is 0 Å². The quantitative estimate of drug-likeness (QED) is 0.675. The number of benzene rings is 2. The van der Waals surface area contributed by atoms with Gasteiger partial charge in [-0.1, -0.05) is 49.4 Å². The van der Waals surface area contributed by atoms with Gasteiger partial charge in [0.1, 0.15) is 17.3 Å². The van der Waals surface area contributed by atoms with Gasteiger partial charge < -0.3 is 10.6 Å². The molecule has 3 aromatic rings. The van der Waals surface area contributed by atoms with E-state index in [1.165, 1.54) is 16.3 Å². The molecule has 0 spiro atoms. The van der Waals surface area contributed by atoms with Crippen LogP contribution in [0.25, 0.3) is 5.69 Å². The number of aryl methyl sites for hydroxylation is 1. The maximum atomic E-state index is 14.2. The first-order chi connectivity index (χ1) is 14.1. The smallest absolute Gasteiger partial charge is 0.293 e. The van der Waals surface area contributed by atoms with Gasteiger partial charge in [0.15, 0.2) is 0 Å². The summed E-state index contributed by atoms with van der Waals surface area (Å²) in [6.45, 7) is 3.53. The summed E-state index contributed by atoms with van der Waals surface area (Å²) in [5.74, 6) is 0.360. The van der Waals surface area contributed by atoms with E-state index in [9.17, 15) is 9.18 Å². The van der Waals surface area contributed by atoms with E-state index in [1.54, 1.807) is 23.1 Å². The molecule has 4 rings (SSSR count). The number of hydrogen-bond acceptors (Lipinski definition) is 4. The minimum absolute atomic E-state index is 0. The molecule has 0 radical (unpaired) electrons. The molecule has 1 aromatic heterocycles. The number of halogens is 2. The number of hydrogen-bond donors (Lipinski definition) is 1. The normalized spacial score (nSPS) is 18.3. The van der Waals surface area contributed by atoms with Gasteiger partial charge in [0, 0.05) is 25.4 Å². The number of para-hydroxylation sites is 1.